The first kappa shape index (κ1) is 6.86. The van der Waals surface area contributed by atoms with Crippen LogP contribution in [0.5, 0.6) is 0 Å². The van der Waals surface area contributed by atoms with Gasteiger partial charge in [0, 0.05) is 20.3 Å². The number of hydrogen-bond donors (Lipinski definition) is 1. The van der Waals surface area contributed by atoms with Crippen LogP contribution < -0.4 is 0 Å². The molecule has 1 rings (SSSR count). The van der Waals surface area contributed by atoms with E-state index in [2.05, 4.69) is 10.1 Å². The van der Waals surface area contributed by atoms with E-state index < -0.39 is 0 Å². The van der Waals surface area contributed by atoms with Gasteiger partial charge in [-0.05, 0) is 12.1 Å². The fraction of sp³-hybridized carbons (Fsp3) is 0.286. The number of aromatic amines is 1. The molecule has 1 heterocycles. The van der Waals surface area contributed by atoms with E-state index in [-0.39, 0.29) is 0 Å². The van der Waals surface area contributed by atoms with Crippen molar-refractivity contribution in [2.75, 3.05) is 14.1 Å². The monoisotopic (exact) mass is 137 g/mol. The number of aromatic nitrogens is 1. The van der Waals surface area contributed by atoms with Gasteiger partial charge in [-0.15, -0.1) is 0 Å². The van der Waals surface area contributed by atoms with Crippen molar-refractivity contribution in [2.45, 2.75) is 0 Å². The van der Waals surface area contributed by atoms with E-state index in [9.17, 15) is 0 Å². The Morgan fingerprint density at radius 3 is 2.90 bits per heavy atom. The summed E-state index contributed by atoms with van der Waals surface area (Å²) in [4.78, 5) is 3.02. The average Bonchev–Trinajstić information content (AvgIpc) is 2.34. The largest absolute Gasteiger partial charge is 0.360 e. The summed E-state index contributed by atoms with van der Waals surface area (Å²) >= 11 is 0. The Kier molecular flexibility index (Phi) is 2.10. The third kappa shape index (κ3) is 1.93. The summed E-state index contributed by atoms with van der Waals surface area (Å²) in [6.45, 7) is 0. The van der Waals surface area contributed by atoms with E-state index in [0.29, 0.717) is 0 Å². The summed E-state index contributed by atoms with van der Waals surface area (Å²) < 4.78 is 0. The molecule has 0 saturated heterocycles. The lowest BCUT2D eigenvalue weighted by Crippen LogP contribution is -2.01. The zero-order chi connectivity index (χ0) is 7.40. The van der Waals surface area contributed by atoms with Gasteiger partial charge in [0.2, 0.25) is 0 Å². The second-order valence-corrected chi connectivity index (χ2v) is 2.22. The van der Waals surface area contributed by atoms with E-state index in [1.54, 1.807) is 11.2 Å². The second kappa shape index (κ2) is 3.06. The maximum absolute atomic E-state index is 4.04. The maximum atomic E-state index is 4.04. The number of hydrogen-bond acceptors (Lipinski definition) is 2. The number of nitrogens with one attached hydrogen (secondary N) is 1. The molecule has 0 amide bonds. The quantitative estimate of drug-likeness (QED) is 0.476. The smallest absolute Gasteiger partial charge is 0.0705 e. The average molecular weight is 137 g/mol. The van der Waals surface area contributed by atoms with Crippen molar-refractivity contribution in [2.24, 2.45) is 5.10 Å². The minimum absolute atomic E-state index is 1.02. The molecule has 0 unspecified atom stereocenters. The van der Waals surface area contributed by atoms with Crippen molar-refractivity contribution >= 4 is 6.21 Å². The molecule has 1 N–H and O–H groups in total. The van der Waals surface area contributed by atoms with Crippen molar-refractivity contribution in [1.82, 2.24) is 9.99 Å². The van der Waals surface area contributed by atoms with Crippen LogP contribution in [0.3, 0.4) is 0 Å². The molecular weight excluding hydrogens is 126 g/mol. The lowest BCUT2D eigenvalue weighted by atomic mass is 10.5. The van der Waals surface area contributed by atoms with E-state index in [1.807, 2.05) is 32.4 Å². The Morgan fingerprint density at radius 1 is 1.60 bits per heavy atom. The van der Waals surface area contributed by atoms with Crippen molar-refractivity contribution in [3.63, 3.8) is 0 Å². The zero-order valence-corrected chi connectivity index (χ0v) is 6.20. The van der Waals surface area contributed by atoms with Gasteiger partial charge in [-0.25, -0.2) is 0 Å². The standard InChI is InChI=1S/C7H11N3/c1-10(2)9-6-7-4-3-5-8-7/h3-6,8H,1-2H3. The van der Waals surface area contributed by atoms with Crippen LogP contribution in [-0.4, -0.2) is 30.3 Å². The number of rotatable bonds is 2. The van der Waals surface area contributed by atoms with E-state index >= 15 is 0 Å². The van der Waals surface area contributed by atoms with Crippen molar-refractivity contribution < 1.29 is 0 Å². The molecule has 0 fully saturated rings. The molecule has 1 aromatic rings. The number of hydrazone groups is 1. The molecule has 54 valence electrons. The zero-order valence-electron chi connectivity index (χ0n) is 6.20. The summed E-state index contributed by atoms with van der Waals surface area (Å²) in [5, 5.41) is 5.79. The van der Waals surface area contributed by atoms with Crippen LogP contribution in [0.2, 0.25) is 0 Å². The lowest BCUT2D eigenvalue weighted by Gasteiger charge is -2.00. The van der Waals surface area contributed by atoms with Gasteiger partial charge < -0.3 is 9.99 Å². The molecule has 0 aliphatic heterocycles. The topological polar surface area (TPSA) is 31.4 Å². The normalized spacial score (nSPS) is 10.6. The summed E-state index contributed by atoms with van der Waals surface area (Å²) in [5.41, 5.74) is 1.02. The highest BCUT2D eigenvalue weighted by molar-refractivity contribution is 5.76. The van der Waals surface area contributed by atoms with Crippen LogP contribution in [0.25, 0.3) is 0 Å². The predicted molar refractivity (Wildman–Crippen MR) is 42.1 cm³/mol. The van der Waals surface area contributed by atoms with Crippen LogP contribution in [0.4, 0.5) is 0 Å². The third-order valence-corrected chi connectivity index (χ3v) is 1.05. The molecule has 0 saturated carbocycles. The Hall–Kier alpha value is -1.25. The first-order valence-corrected chi connectivity index (χ1v) is 3.14. The summed E-state index contributed by atoms with van der Waals surface area (Å²) in [7, 11) is 3.78. The molecular formula is C7H11N3. The summed E-state index contributed by atoms with van der Waals surface area (Å²) in [6, 6.07) is 3.91. The molecule has 3 heteroatoms. The summed E-state index contributed by atoms with van der Waals surface area (Å²) in [5.74, 6) is 0. The SMILES string of the molecule is CN(C)N=Cc1ccc[nH]1. The fourth-order valence-corrected chi connectivity index (χ4v) is 0.602. The fourth-order valence-electron chi connectivity index (χ4n) is 0.602. The Labute approximate surface area is 60.4 Å². The van der Waals surface area contributed by atoms with Crippen LogP contribution in [0.15, 0.2) is 23.4 Å². The molecule has 0 aliphatic carbocycles. The highest BCUT2D eigenvalue weighted by atomic mass is 15.4. The number of H-pyrrole nitrogens is 1. The predicted octanol–water partition coefficient (Wildman–Crippen LogP) is 0.910. The molecule has 0 radical (unpaired) electrons. The maximum Gasteiger partial charge on any atom is 0.0705 e. The molecule has 3 nitrogen and oxygen atoms in total. The molecule has 0 aromatic carbocycles. The van der Waals surface area contributed by atoms with Crippen LogP contribution >= 0.6 is 0 Å². The summed E-state index contributed by atoms with van der Waals surface area (Å²) in [6.07, 6.45) is 3.65. The van der Waals surface area contributed by atoms with E-state index in [1.165, 1.54) is 0 Å². The molecule has 1 aromatic heterocycles. The van der Waals surface area contributed by atoms with Crippen LogP contribution in [0.1, 0.15) is 5.69 Å². The van der Waals surface area contributed by atoms with Gasteiger partial charge in [0.05, 0.1) is 11.9 Å². The lowest BCUT2D eigenvalue weighted by molar-refractivity contribution is 0.440. The first-order valence-electron chi connectivity index (χ1n) is 3.14. The van der Waals surface area contributed by atoms with Gasteiger partial charge in [-0.1, -0.05) is 0 Å². The first-order chi connectivity index (χ1) is 4.79. The number of nitrogens with zero attached hydrogens (tertiary/aromatic N) is 2. The van der Waals surface area contributed by atoms with Gasteiger partial charge in [0.15, 0.2) is 0 Å². The highest BCUT2D eigenvalue weighted by Crippen LogP contribution is 1.89. The Morgan fingerprint density at radius 2 is 2.40 bits per heavy atom. The van der Waals surface area contributed by atoms with E-state index in [4.69, 9.17) is 0 Å². The van der Waals surface area contributed by atoms with Crippen molar-refractivity contribution in [1.29, 1.82) is 0 Å². The minimum Gasteiger partial charge on any atom is -0.360 e. The van der Waals surface area contributed by atoms with Crippen molar-refractivity contribution in [3.05, 3.63) is 24.0 Å². The second-order valence-electron chi connectivity index (χ2n) is 2.22. The highest BCUT2D eigenvalue weighted by Gasteiger charge is 1.83. The molecule has 10 heavy (non-hydrogen) atoms. The van der Waals surface area contributed by atoms with E-state index in [0.717, 1.165) is 5.69 Å². The van der Waals surface area contributed by atoms with Gasteiger partial charge >= 0.3 is 0 Å². The molecule has 0 atom stereocenters. The van der Waals surface area contributed by atoms with Gasteiger partial charge in [0.1, 0.15) is 0 Å². The van der Waals surface area contributed by atoms with Crippen LogP contribution in [-0.2, 0) is 0 Å². The molecule has 0 aliphatic rings. The molecule has 0 bridgehead atoms. The Bertz CT molecular complexity index is 199. The van der Waals surface area contributed by atoms with Gasteiger partial charge in [-0.3, -0.25) is 0 Å². The van der Waals surface area contributed by atoms with Gasteiger partial charge in [0.25, 0.3) is 0 Å². The molecule has 0 spiro atoms. The van der Waals surface area contributed by atoms with Crippen LogP contribution in [0, 0.1) is 0 Å². The van der Waals surface area contributed by atoms with Crippen molar-refractivity contribution in [3.8, 4) is 0 Å². The third-order valence-electron chi connectivity index (χ3n) is 1.05. The van der Waals surface area contributed by atoms with Gasteiger partial charge in [-0.2, -0.15) is 5.10 Å². The Balaban J connectivity index is 2.55. The minimum atomic E-state index is 1.02.